The van der Waals surface area contributed by atoms with Gasteiger partial charge in [-0.25, -0.2) is 9.78 Å². The van der Waals surface area contributed by atoms with Crippen LogP contribution in [0.5, 0.6) is 0 Å². The molecule has 1 atom stereocenters. The molecule has 3 heterocycles. The smallest absolute Gasteiger partial charge is 0.329 e. The number of thiazole rings is 1. The molecule has 0 radical (unpaired) electrons. The molecule has 0 N–H and O–H groups in total. The lowest BCUT2D eigenvalue weighted by atomic mass is 10.1. The first-order valence-corrected chi connectivity index (χ1v) is 10.0. The third kappa shape index (κ3) is 3.55. The van der Waals surface area contributed by atoms with E-state index in [-0.39, 0.29) is 27.8 Å². The molecule has 0 fully saturated rings. The summed E-state index contributed by atoms with van der Waals surface area (Å²) in [6.45, 7) is 1.32. The van der Waals surface area contributed by atoms with Crippen LogP contribution >= 0.6 is 34.5 Å². The maximum absolute atomic E-state index is 12.6. The van der Waals surface area contributed by atoms with Crippen LogP contribution in [-0.2, 0) is 16.1 Å². The Hall–Kier alpha value is -2.68. The summed E-state index contributed by atoms with van der Waals surface area (Å²) in [4.78, 5) is 42.8. The van der Waals surface area contributed by atoms with Crippen molar-refractivity contribution in [2.75, 3.05) is 0 Å². The van der Waals surface area contributed by atoms with E-state index < -0.39 is 23.8 Å². The molecule has 7 nitrogen and oxygen atoms in total. The second-order valence-corrected chi connectivity index (χ2v) is 7.87. The Bertz CT molecular complexity index is 1080. The number of benzene rings is 1. The number of rotatable bonds is 5. The van der Waals surface area contributed by atoms with E-state index in [1.54, 1.807) is 23.8 Å². The fraction of sp³-hybridized carbons (Fsp3) is 0.158. The van der Waals surface area contributed by atoms with E-state index in [0.717, 1.165) is 4.90 Å². The van der Waals surface area contributed by atoms with Crippen LogP contribution in [0.1, 0.15) is 33.3 Å². The van der Waals surface area contributed by atoms with E-state index in [1.165, 1.54) is 30.4 Å². The SMILES string of the molecule is C[C@@H](C(=O)OCc1csc(-c2ccco2)n1)N1C(=O)c2cc(Cl)c(Cl)cc2C1=O. The number of nitrogens with zero attached hydrogens (tertiary/aromatic N) is 2. The number of imide groups is 1. The van der Waals surface area contributed by atoms with Gasteiger partial charge in [-0.1, -0.05) is 23.2 Å². The van der Waals surface area contributed by atoms with Gasteiger partial charge in [0, 0.05) is 5.38 Å². The molecule has 1 aliphatic heterocycles. The van der Waals surface area contributed by atoms with Gasteiger partial charge in [-0.3, -0.25) is 14.5 Å². The number of aromatic nitrogens is 1. The number of esters is 1. The number of amides is 2. The van der Waals surface area contributed by atoms with Crippen molar-refractivity contribution in [3.05, 3.63) is 62.8 Å². The molecule has 29 heavy (non-hydrogen) atoms. The quantitative estimate of drug-likeness (QED) is 0.421. The number of hydrogen-bond acceptors (Lipinski definition) is 7. The molecule has 0 spiro atoms. The molecule has 1 aromatic carbocycles. The standard InChI is InChI=1S/C19H12Cl2N2O5S/c1-9(23-17(24)11-5-13(20)14(21)6-12(11)18(23)25)19(26)28-7-10-8-29-16(22-10)15-3-2-4-27-15/h2-6,8-9H,7H2,1H3/t9-/m0/s1. The number of carbonyl (C=O) groups excluding carboxylic acids is 3. The third-order valence-corrected chi connectivity index (χ3v) is 5.96. The van der Waals surface area contributed by atoms with Gasteiger partial charge in [0.05, 0.1) is 33.1 Å². The molecule has 148 valence electrons. The molecule has 1 aliphatic rings. The lowest BCUT2D eigenvalue weighted by Gasteiger charge is -2.20. The highest BCUT2D eigenvalue weighted by atomic mass is 35.5. The highest BCUT2D eigenvalue weighted by molar-refractivity contribution is 7.13. The van der Waals surface area contributed by atoms with Crippen molar-refractivity contribution >= 4 is 52.3 Å². The zero-order chi connectivity index (χ0) is 20.7. The zero-order valence-electron chi connectivity index (χ0n) is 14.8. The van der Waals surface area contributed by atoms with Gasteiger partial charge in [0.2, 0.25) is 0 Å². The van der Waals surface area contributed by atoms with E-state index in [9.17, 15) is 14.4 Å². The van der Waals surface area contributed by atoms with Gasteiger partial charge in [-0.05, 0) is 31.2 Å². The Balaban J connectivity index is 1.44. The maximum Gasteiger partial charge on any atom is 0.329 e. The van der Waals surface area contributed by atoms with Crippen molar-refractivity contribution in [3.63, 3.8) is 0 Å². The predicted octanol–water partition coefficient (Wildman–Crippen LogP) is 4.44. The summed E-state index contributed by atoms with van der Waals surface area (Å²) >= 11 is 13.2. The Morgan fingerprint density at radius 1 is 1.24 bits per heavy atom. The summed E-state index contributed by atoms with van der Waals surface area (Å²) in [5, 5.41) is 2.70. The average molecular weight is 451 g/mol. The van der Waals surface area contributed by atoms with E-state index in [0.29, 0.717) is 16.5 Å². The average Bonchev–Trinajstić information content (AvgIpc) is 3.42. The molecule has 0 bridgehead atoms. The van der Waals surface area contributed by atoms with Crippen LogP contribution in [0.15, 0.2) is 40.3 Å². The van der Waals surface area contributed by atoms with Gasteiger partial charge in [-0.15, -0.1) is 11.3 Å². The van der Waals surface area contributed by atoms with E-state index >= 15 is 0 Å². The Kier molecular flexibility index (Phi) is 5.16. The summed E-state index contributed by atoms with van der Waals surface area (Å²) < 4.78 is 10.5. The highest BCUT2D eigenvalue weighted by Gasteiger charge is 2.42. The van der Waals surface area contributed by atoms with Crippen molar-refractivity contribution in [3.8, 4) is 10.8 Å². The van der Waals surface area contributed by atoms with Crippen LogP contribution in [0.2, 0.25) is 10.0 Å². The fourth-order valence-electron chi connectivity index (χ4n) is 2.86. The molecule has 2 aromatic heterocycles. The van der Waals surface area contributed by atoms with Gasteiger partial charge in [0.15, 0.2) is 10.8 Å². The monoisotopic (exact) mass is 450 g/mol. The molecular weight excluding hydrogens is 439 g/mol. The Morgan fingerprint density at radius 3 is 2.48 bits per heavy atom. The number of ether oxygens (including phenoxy) is 1. The Morgan fingerprint density at radius 2 is 1.90 bits per heavy atom. The first kappa shape index (κ1) is 19.6. The zero-order valence-corrected chi connectivity index (χ0v) is 17.2. The fourth-order valence-corrected chi connectivity index (χ4v) is 3.96. The maximum atomic E-state index is 12.6. The van der Waals surface area contributed by atoms with Crippen LogP contribution in [0.25, 0.3) is 10.8 Å². The Labute approximate surface area is 178 Å². The lowest BCUT2D eigenvalue weighted by molar-refractivity contribution is -0.149. The van der Waals surface area contributed by atoms with Crippen LogP contribution in [0.3, 0.4) is 0 Å². The normalized spacial score (nSPS) is 14.2. The molecule has 0 aliphatic carbocycles. The molecule has 4 rings (SSSR count). The molecule has 3 aromatic rings. The first-order valence-electron chi connectivity index (χ1n) is 8.38. The predicted molar refractivity (Wildman–Crippen MR) is 106 cm³/mol. The number of furan rings is 1. The minimum absolute atomic E-state index is 0.0960. The molecule has 0 saturated carbocycles. The van der Waals surface area contributed by atoms with Crippen molar-refractivity contribution in [2.45, 2.75) is 19.6 Å². The van der Waals surface area contributed by atoms with Gasteiger partial charge in [-0.2, -0.15) is 0 Å². The number of halogens is 2. The van der Waals surface area contributed by atoms with E-state index in [2.05, 4.69) is 4.98 Å². The van der Waals surface area contributed by atoms with Crippen LogP contribution in [-0.4, -0.2) is 33.7 Å². The van der Waals surface area contributed by atoms with Gasteiger partial charge in [0.1, 0.15) is 12.6 Å². The topological polar surface area (TPSA) is 89.7 Å². The van der Waals surface area contributed by atoms with Crippen molar-refractivity contribution in [1.82, 2.24) is 9.88 Å². The third-order valence-electron chi connectivity index (χ3n) is 4.33. The van der Waals surface area contributed by atoms with Crippen LogP contribution in [0.4, 0.5) is 0 Å². The summed E-state index contributed by atoms with van der Waals surface area (Å²) in [5.41, 5.74) is 0.737. The number of carbonyl (C=O) groups is 3. The number of hydrogen-bond donors (Lipinski definition) is 0. The highest BCUT2D eigenvalue weighted by Crippen LogP contribution is 2.32. The lowest BCUT2D eigenvalue weighted by Crippen LogP contribution is -2.43. The molecule has 10 heteroatoms. The van der Waals surface area contributed by atoms with Gasteiger partial charge in [0.25, 0.3) is 11.8 Å². The number of fused-ring (bicyclic) bond motifs is 1. The van der Waals surface area contributed by atoms with Crippen molar-refractivity contribution in [1.29, 1.82) is 0 Å². The largest absolute Gasteiger partial charge is 0.462 e. The first-order chi connectivity index (χ1) is 13.9. The minimum Gasteiger partial charge on any atom is -0.462 e. The second kappa shape index (κ2) is 7.62. The summed E-state index contributed by atoms with van der Waals surface area (Å²) in [7, 11) is 0. The molecule has 0 unspecified atom stereocenters. The van der Waals surface area contributed by atoms with Gasteiger partial charge >= 0.3 is 5.97 Å². The van der Waals surface area contributed by atoms with E-state index in [1.807, 2.05) is 0 Å². The van der Waals surface area contributed by atoms with Crippen LogP contribution < -0.4 is 0 Å². The van der Waals surface area contributed by atoms with Crippen LogP contribution in [0, 0.1) is 0 Å². The molecule has 0 saturated heterocycles. The summed E-state index contributed by atoms with van der Waals surface area (Å²) in [6, 6.07) is 5.05. The summed E-state index contributed by atoms with van der Waals surface area (Å²) in [5.74, 6) is -1.36. The van der Waals surface area contributed by atoms with E-state index in [4.69, 9.17) is 32.4 Å². The van der Waals surface area contributed by atoms with Gasteiger partial charge < -0.3 is 9.15 Å². The molecule has 2 amide bonds. The summed E-state index contributed by atoms with van der Waals surface area (Å²) in [6.07, 6.45) is 1.54. The van der Waals surface area contributed by atoms with Crippen molar-refractivity contribution in [2.24, 2.45) is 0 Å². The van der Waals surface area contributed by atoms with Crippen molar-refractivity contribution < 1.29 is 23.5 Å². The minimum atomic E-state index is -1.12. The molecular formula is C19H12Cl2N2O5S. The second-order valence-electron chi connectivity index (χ2n) is 6.20.